The summed E-state index contributed by atoms with van der Waals surface area (Å²) in [6.45, 7) is 10.4. The van der Waals surface area contributed by atoms with Crippen LogP contribution in [0.1, 0.15) is 28.7 Å². The van der Waals surface area contributed by atoms with Crippen LogP contribution in [0.2, 0.25) is 0 Å². The Hall–Kier alpha value is -3.07. The standard InChI is InChI=1S/C29H39N3O5/c1-22-14-23(2)24(3)27(15-22)37-20-29(33)18-32(11-13-35-19-29)17-25-6-7-26(28(16-25)34-4)36-12-5-9-31-10-8-30-21-31/h6-8,10,14-16,21,33H,5,9,11-13,17-20H2,1-4H3/t29-/m1/s1. The van der Waals surface area contributed by atoms with E-state index in [0.29, 0.717) is 32.1 Å². The minimum atomic E-state index is -1.11. The Balaban J connectivity index is 1.34. The molecule has 1 N–H and O–H groups in total. The number of aromatic nitrogens is 2. The van der Waals surface area contributed by atoms with Crippen molar-refractivity contribution in [3.05, 3.63) is 71.3 Å². The van der Waals surface area contributed by atoms with Gasteiger partial charge in [-0.15, -0.1) is 0 Å². The summed E-state index contributed by atoms with van der Waals surface area (Å²) in [5.41, 5.74) is 3.39. The number of aryl methyl sites for hydroxylation is 3. The highest BCUT2D eigenvalue weighted by molar-refractivity contribution is 5.43. The molecule has 1 aliphatic rings. The van der Waals surface area contributed by atoms with Gasteiger partial charge in [0.15, 0.2) is 11.5 Å². The molecule has 2 heterocycles. The molecular weight excluding hydrogens is 470 g/mol. The average molecular weight is 510 g/mol. The van der Waals surface area contributed by atoms with Gasteiger partial charge in [0.25, 0.3) is 0 Å². The quantitative estimate of drug-likeness (QED) is 0.393. The molecule has 1 fully saturated rings. The second kappa shape index (κ2) is 12.4. The molecular formula is C29H39N3O5. The van der Waals surface area contributed by atoms with Gasteiger partial charge in [-0.1, -0.05) is 12.1 Å². The van der Waals surface area contributed by atoms with Gasteiger partial charge in [0.05, 0.1) is 33.3 Å². The minimum Gasteiger partial charge on any atom is -0.493 e. The molecule has 200 valence electrons. The summed E-state index contributed by atoms with van der Waals surface area (Å²) in [6, 6.07) is 10.2. The molecule has 1 aromatic heterocycles. The summed E-state index contributed by atoms with van der Waals surface area (Å²) in [6.07, 6.45) is 6.40. The lowest BCUT2D eigenvalue weighted by molar-refractivity contribution is -0.0648. The molecule has 0 radical (unpaired) electrons. The van der Waals surface area contributed by atoms with Crippen LogP contribution < -0.4 is 14.2 Å². The Morgan fingerprint density at radius 2 is 1.95 bits per heavy atom. The lowest BCUT2D eigenvalue weighted by atomic mass is 10.0. The highest BCUT2D eigenvalue weighted by Crippen LogP contribution is 2.30. The third kappa shape index (κ3) is 7.47. The maximum absolute atomic E-state index is 11.4. The van der Waals surface area contributed by atoms with E-state index in [1.807, 2.05) is 42.0 Å². The molecule has 1 saturated heterocycles. The minimum absolute atomic E-state index is 0.169. The lowest BCUT2D eigenvalue weighted by Gasteiger charge is -2.31. The van der Waals surface area contributed by atoms with Gasteiger partial charge in [0.1, 0.15) is 18.0 Å². The third-order valence-corrected chi connectivity index (χ3v) is 6.71. The molecule has 1 aliphatic heterocycles. The predicted molar refractivity (Wildman–Crippen MR) is 143 cm³/mol. The fourth-order valence-electron chi connectivity index (χ4n) is 4.62. The van der Waals surface area contributed by atoms with Crippen molar-refractivity contribution in [3.8, 4) is 17.2 Å². The van der Waals surface area contributed by atoms with Crippen molar-refractivity contribution in [2.45, 2.75) is 45.9 Å². The molecule has 4 rings (SSSR count). The van der Waals surface area contributed by atoms with E-state index in [-0.39, 0.29) is 13.2 Å². The van der Waals surface area contributed by atoms with Crippen LogP contribution in [0.25, 0.3) is 0 Å². The van der Waals surface area contributed by atoms with Crippen LogP contribution in [0.3, 0.4) is 0 Å². The van der Waals surface area contributed by atoms with E-state index in [2.05, 4.69) is 29.8 Å². The molecule has 0 spiro atoms. The van der Waals surface area contributed by atoms with E-state index in [4.69, 9.17) is 18.9 Å². The summed E-state index contributed by atoms with van der Waals surface area (Å²) in [5, 5.41) is 11.4. The van der Waals surface area contributed by atoms with Gasteiger partial charge >= 0.3 is 0 Å². The summed E-state index contributed by atoms with van der Waals surface area (Å²) < 4.78 is 25.5. The lowest BCUT2D eigenvalue weighted by Crippen LogP contribution is -2.48. The van der Waals surface area contributed by atoms with Crippen molar-refractivity contribution >= 4 is 0 Å². The van der Waals surface area contributed by atoms with Gasteiger partial charge in [-0.05, 0) is 67.6 Å². The topological polar surface area (TPSA) is 78.2 Å². The number of methoxy groups -OCH3 is 1. The molecule has 0 amide bonds. The average Bonchev–Trinajstić information content (AvgIpc) is 3.33. The fraction of sp³-hybridized carbons (Fsp3) is 0.483. The predicted octanol–water partition coefficient (Wildman–Crippen LogP) is 3.93. The molecule has 37 heavy (non-hydrogen) atoms. The Kier molecular flexibility index (Phi) is 9.08. The van der Waals surface area contributed by atoms with Crippen LogP contribution >= 0.6 is 0 Å². The molecule has 0 bridgehead atoms. The zero-order valence-electron chi connectivity index (χ0n) is 22.4. The van der Waals surface area contributed by atoms with Crippen LogP contribution in [-0.4, -0.2) is 71.8 Å². The molecule has 2 aromatic carbocycles. The maximum atomic E-state index is 11.4. The van der Waals surface area contributed by atoms with E-state index in [0.717, 1.165) is 47.7 Å². The van der Waals surface area contributed by atoms with Crippen LogP contribution in [-0.2, 0) is 17.8 Å². The zero-order chi connectivity index (χ0) is 26.3. The number of rotatable bonds is 11. The Labute approximate surface area is 219 Å². The molecule has 0 unspecified atom stereocenters. The van der Waals surface area contributed by atoms with E-state index in [9.17, 15) is 5.11 Å². The fourth-order valence-corrected chi connectivity index (χ4v) is 4.62. The first-order valence-corrected chi connectivity index (χ1v) is 12.8. The molecule has 8 nitrogen and oxygen atoms in total. The normalized spacial score (nSPS) is 18.4. The van der Waals surface area contributed by atoms with Gasteiger partial charge in [-0.25, -0.2) is 4.98 Å². The summed E-state index contributed by atoms with van der Waals surface area (Å²) in [7, 11) is 1.66. The second-order valence-electron chi connectivity index (χ2n) is 9.97. The van der Waals surface area contributed by atoms with Gasteiger partial charge in [0.2, 0.25) is 0 Å². The molecule has 0 aliphatic carbocycles. The number of hydrogen-bond donors (Lipinski definition) is 1. The Bertz CT molecular complexity index is 1150. The number of ether oxygens (including phenoxy) is 4. The van der Waals surface area contributed by atoms with E-state index in [1.54, 1.807) is 19.6 Å². The molecule has 3 aromatic rings. The third-order valence-electron chi connectivity index (χ3n) is 6.71. The van der Waals surface area contributed by atoms with Crippen molar-refractivity contribution in [3.63, 3.8) is 0 Å². The van der Waals surface area contributed by atoms with Gasteiger partial charge in [-0.3, -0.25) is 4.90 Å². The maximum Gasteiger partial charge on any atom is 0.161 e. The second-order valence-corrected chi connectivity index (χ2v) is 9.97. The summed E-state index contributed by atoms with van der Waals surface area (Å²) in [4.78, 5) is 6.26. The SMILES string of the molecule is COc1cc(CN2CCOC[C@@](O)(COc3cc(C)cc(C)c3C)C2)ccc1OCCCn1ccnc1. The number of β-amino-alcohol motifs (C(OH)–C–C–N with tert-alkyl or cyclic N) is 1. The molecule has 8 heteroatoms. The van der Waals surface area contributed by atoms with Gasteiger partial charge < -0.3 is 28.6 Å². The molecule has 1 atom stereocenters. The number of imidazole rings is 1. The smallest absolute Gasteiger partial charge is 0.161 e. The first-order chi connectivity index (χ1) is 17.8. The molecule has 0 saturated carbocycles. The number of hydrogen-bond acceptors (Lipinski definition) is 7. The van der Waals surface area contributed by atoms with Crippen molar-refractivity contribution in [2.75, 3.05) is 46.6 Å². The van der Waals surface area contributed by atoms with Crippen molar-refractivity contribution < 1.29 is 24.1 Å². The monoisotopic (exact) mass is 509 g/mol. The van der Waals surface area contributed by atoms with Gasteiger partial charge in [-0.2, -0.15) is 0 Å². The Morgan fingerprint density at radius 1 is 1.08 bits per heavy atom. The summed E-state index contributed by atoms with van der Waals surface area (Å²) in [5.74, 6) is 2.24. The van der Waals surface area contributed by atoms with Crippen LogP contribution in [0, 0.1) is 20.8 Å². The first kappa shape index (κ1) is 27.0. The number of nitrogens with zero attached hydrogens (tertiary/aromatic N) is 3. The number of aliphatic hydroxyl groups is 1. The summed E-state index contributed by atoms with van der Waals surface area (Å²) >= 11 is 0. The highest BCUT2D eigenvalue weighted by Gasteiger charge is 2.34. The van der Waals surface area contributed by atoms with Crippen LogP contribution in [0.5, 0.6) is 17.2 Å². The first-order valence-electron chi connectivity index (χ1n) is 12.8. The highest BCUT2D eigenvalue weighted by atomic mass is 16.5. The van der Waals surface area contributed by atoms with Crippen molar-refractivity contribution in [1.82, 2.24) is 14.5 Å². The van der Waals surface area contributed by atoms with E-state index >= 15 is 0 Å². The van der Waals surface area contributed by atoms with E-state index < -0.39 is 5.60 Å². The van der Waals surface area contributed by atoms with Crippen molar-refractivity contribution in [2.24, 2.45) is 0 Å². The van der Waals surface area contributed by atoms with Crippen molar-refractivity contribution in [1.29, 1.82) is 0 Å². The number of benzene rings is 2. The Morgan fingerprint density at radius 3 is 2.73 bits per heavy atom. The van der Waals surface area contributed by atoms with Crippen LogP contribution in [0.4, 0.5) is 0 Å². The van der Waals surface area contributed by atoms with E-state index in [1.165, 1.54) is 5.56 Å². The zero-order valence-corrected chi connectivity index (χ0v) is 22.4. The largest absolute Gasteiger partial charge is 0.493 e. The van der Waals surface area contributed by atoms with Gasteiger partial charge in [0, 0.05) is 38.6 Å². The van der Waals surface area contributed by atoms with Crippen LogP contribution in [0.15, 0.2) is 49.1 Å².